The van der Waals surface area contributed by atoms with Gasteiger partial charge in [0.05, 0.1) is 72.6 Å². The zero-order valence-corrected chi connectivity index (χ0v) is 50.2. The lowest BCUT2D eigenvalue weighted by Crippen LogP contribution is -2.41. The first-order valence-corrected chi connectivity index (χ1v) is 29.0. The van der Waals surface area contributed by atoms with E-state index in [4.69, 9.17) is 46.5 Å². The summed E-state index contributed by atoms with van der Waals surface area (Å²) in [5, 5.41) is 18.2. The summed E-state index contributed by atoms with van der Waals surface area (Å²) in [6.07, 6.45) is 0. The van der Waals surface area contributed by atoms with Crippen LogP contribution in [0.15, 0.2) is 60.7 Å². The third kappa shape index (κ3) is 6.12. The molecule has 5 fully saturated rings. The zero-order valence-electron chi connectivity index (χ0n) is 50.2. The van der Waals surface area contributed by atoms with Crippen LogP contribution in [-0.2, 0) is 46.5 Å². The van der Waals surface area contributed by atoms with Crippen molar-refractivity contribution in [1.82, 2.24) is 4.40 Å². The Hall–Kier alpha value is -4.70. The van der Waals surface area contributed by atoms with Crippen molar-refractivity contribution in [3.8, 4) is 0 Å². The molecule has 3 aromatic heterocycles. The summed E-state index contributed by atoms with van der Waals surface area (Å²) in [6, 6.07) is 23.4. The van der Waals surface area contributed by atoms with Crippen LogP contribution in [0.4, 0.5) is 0 Å². The van der Waals surface area contributed by atoms with Gasteiger partial charge in [-0.2, -0.15) is 0 Å². The third-order valence-corrected chi connectivity index (χ3v) is 22.2. The van der Waals surface area contributed by atoms with Gasteiger partial charge in [-0.1, -0.05) is 60.7 Å². The van der Waals surface area contributed by atoms with Crippen LogP contribution in [0.2, 0.25) is 0 Å². The van der Waals surface area contributed by atoms with Gasteiger partial charge in [-0.05, 0) is 209 Å². The number of pyridine rings is 2. The first-order chi connectivity index (χ1) is 37.0. The molecule has 0 spiro atoms. The quantitative estimate of drug-likeness (QED) is 0.0942. The molecule has 80 heavy (non-hydrogen) atoms. The maximum Gasteiger partial charge on any atom is 0.494 e. The van der Waals surface area contributed by atoms with Crippen molar-refractivity contribution in [2.75, 3.05) is 0 Å². The van der Waals surface area contributed by atoms with Gasteiger partial charge in [0.25, 0.3) is 0 Å². The SMILES string of the molecule is CC1(C)OB(c2cc3c4cc(B5OC(C)(C)C(C)(C)O5)cc5c6cc(B7OC(C)(C)C(C)(C)O7)cc7c8cc(B9OC(C)(C)C(C)(C)O9)cc9c%10cc(B%11OC(C)(C)C(C)(C)O%11)cc%11c(c2)c3c2c(c45)c(c67)n(c98)c2c%11%10)OC1(C)C. The number of nitrogens with zero attached hydrogens (tertiary/aromatic N) is 1. The van der Waals surface area contributed by atoms with Crippen molar-refractivity contribution in [2.45, 2.75) is 194 Å². The van der Waals surface area contributed by atoms with Gasteiger partial charge in [0.15, 0.2) is 0 Å². The zero-order chi connectivity index (χ0) is 56.5. The van der Waals surface area contributed by atoms with Gasteiger partial charge in [-0.15, -0.1) is 0 Å². The average molecular weight is 1070 g/mol. The Morgan fingerprint density at radius 2 is 0.375 bits per heavy atom. The van der Waals surface area contributed by atoms with Crippen molar-refractivity contribution in [3.63, 3.8) is 0 Å². The Balaban J connectivity index is 1.15. The molecular formula is C64H70B5NO10. The Bertz CT molecular complexity index is 3610. The summed E-state index contributed by atoms with van der Waals surface area (Å²) in [4.78, 5) is 0. The molecule has 0 unspecified atom stereocenters. The number of fused-ring (bicyclic) bond motifs is 5. The predicted molar refractivity (Wildman–Crippen MR) is 329 cm³/mol. The fourth-order valence-corrected chi connectivity index (χ4v) is 14.0. The van der Waals surface area contributed by atoms with Gasteiger partial charge in [0.1, 0.15) is 0 Å². The van der Waals surface area contributed by atoms with Gasteiger partial charge in [-0.25, -0.2) is 0 Å². The second-order valence-corrected chi connectivity index (χ2v) is 29.7. The molecule has 0 saturated carbocycles. The molecule has 0 atom stereocenters. The minimum atomic E-state index is -0.650. The van der Waals surface area contributed by atoms with E-state index in [0.717, 1.165) is 86.7 Å². The van der Waals surface area contributed by atoms with Crippen LogP contribution >= 0.6 is 0 Å². The van der Waals surface area contributed by atoms with E-state index in [1.54, 1.807) is 0 Å². The van der Waals surface area contributed by atoms with Gasteiger partial charge >= 0.3 is 35.6 Å². The minimum Gasteiger partial charge on any atom is -0.399 e. The minimum absolute atomic E-state index is 0.579. The Kier molecular flexibility index (Phi) is 9.31. The van der Waals surface area contributed by atoms with Crippen LogP contribution in [0.1, 0.15) is 138 Å². The second kappa shape index (κ2) is 14.6. The summed E-state index contributed by atoms with van der Waals surface area (Å²) in [5.41, 5.74) is 2.42. The molecule has 0 radical (unpaired) electrons. The van der Waals surface area contributed by atoms with E-state index in [1.165, 1.54) is 43.4 Å². The van der Waals surface area contributed by atoms with Crippen LogP contribution in [0, 0.1) is 0 Å². The van der Waals surface area contributed by atoms with Crippen molar-refractivity contribution in [2.24, 2.45) is 0 Å². The van der Waals surface area contributed by atoms with Crippen LogP contribution in [0.3, 0.4) is 0 Å². The summed E-state index contributed by atoms with van der Waals surface area (Å²) in [5.74, 6) is 0. The van der Waals surface area contributed by atoms with Crippen LogP contribution in [0.25, 0.3) is 103 Å². The van der Waals surface area contributed by atoms with Crippen molar-refractivity contribution in [3.05, 3.63) is 60.7 Å². The standard InChI is InChI=1S/C64H70B5NO10/c1-55(2)56(3,4)72-65(71-55)31-21-36-37-22-32(66-73-57(5,6)58(7,8)74-66)24-39-41-26-34(68-77-61(13,14)62(15,16)78-68)28-43-45-30-35(69-79-63(17,18)64(19,20)80-69)29-44-42-27-33(67-75-59(9,10)60(11,12)76-67)25-40-38(23-31)46(36)50-51(47(37)39)54(49(41)43)70(52(44)45)53(50)48(40)42/h21-30H,1-20H3. The van der Waals surface area contributed by atoms with Crippen LogP contribution in [-0.4, -0.2) is 96.0 Å². The number of hydrogen-bond acceptors (Lipinski definition) is 10. The summed E-state index contributed by atoms with van der Waals surface area (Å²) in [7, 11) is -3.24. The van der Waals surface area contributed by atoms with Crippen LogP contribution < -0.4 is 27.3 Å². The van der Waals surface area contributed by atoms with E-state index < -0.39 is 91.6 Å². The van der Waals surface area contributed by atoms with Gasteiger partial charge in [-0.3, -0.25) is 0 Å². The topological polar surface area (TPSA) is 96.7 Å². The van der Waals surface area contributed by atoms with Crippen molar-refractivity contribution in [1.29, 1.82) is 0 Å². The molecule has 8 heterocycles. The molecule has 0 bridgehead atoms. The largest absolute Gasteiger partial charge is 0.494 e. The molecule has 5 aliphatic rings. The fraction of sp³-hybridized carbons (Fsp3) is 0.469. The molecule has 11 nitrogen and oxygen atoms in total. The molecule has 5 saturated heterocycles. The molecule has 5 aliphatic heterocycles. The fourth-order valence-electron chi connectivity index (χ4n) is 14.0. The van der Waals surface area contributed by atoms with Gasteiger partial charge in [0, 0.05) is 43.1 Å². The molecule has 0 aliphatic carbocycles. The molecule has 406 valence electrons. The Morgan fingerprint density at radius 1 is 0.212 bits per heavy atom. The van der Waals surface area contributed by atoms with E-state index in [2.05, 4.69) is 204 Å². The lowest BCUT2D eigenvalue weighted by molar-refractivity contribution is 0.00578. The van der Waals surface area contributed by atoms with Crippen molar-refractivity contribution < 1.29 is 46.5 Å². The first-order valence-electron chi connectivity index (χ1n) is 29.0. The molecule has 11 aromatic rings. The summed E-state index contributed by atoms with van der Waals surface area (Å²) < 4.78 is 72.8. The normalized spacial score (nSPS) is 24.6. The second-order valence-electron chi connectivity index (χ2n) is 29.7. The van der Waals surface area contributed by atoms with Crippen LogP contribution in [0.5, 0.6) is 0 Å². The highest BCUT2D eigenvalue weighted by Crippen LogP contribution is 2.57. The van der Waals surface area contributed by atoms with Gasteiger partial charge in [0.2, 0.25) is 0 Å². The third-order valence-electron chi connectivity index (χ3n) is 22.2. The van der Waals surface area contributed by atoms with E-state index >= 15 is 0 Å². The molecular weight excluding hydrogens is 997 g/mol. The maximum atomic E-state index is 7.02. The number of rotatable bonds is 5. The summed E-state index contributed by atoms with van der Waals surface area (Å²) >= 11 is 0. The van der Waals surface area contributed by atoms with E-state index in [1.807, 2.05) is 0 Å². The highest BCUT2D eigenvalue weighted by molar-refractivity contribution is 6.68. The highest BCUT2D eigenvalue weighted by Gasteiger charge is 2.57. The molecule has 8 aromatic carbocycles. The molecule has 16 rings (SSSR count). The molecule has 0 N–H and O–H groups in total. The lowest BCUT2D eigenvalue weighted by Gasteiger charge is -2.32. The first kappa shape index (κ1) is 51.0. The summed E-state index contributed by atoms with van der Waals surface area (Å²) in [6.45, 7) is 42.5. The smallest absolute Gasteiger partial charge is 0.399 e. The van der Waals surface area contributed by atoms with Crippen molar-refractivity contribution >= 4 is 166 Å². The average Bonchev–Trinajstić information content (AvgIpc) is 3.36. The predicted octanol–water partition coefficient (Wildman–Crippen LogP) is 11.0. The Morgan fingerprint density at radius 3 is 0.575 bits per heavy atom. The van der Waals surface area contributed by atoms with E-state index in [9.17, 15) is 0 Å². The molecule has 0 amide bonds. The maximum absolute atomic E-state index is 7.02. The monoisotopic (exact) mass is 1070 g/mol. The Labute approximate surface area is 469 Å². The number of benzene rings is 8. The van der Waals surface area contributed by atoms with E-state index in [-0.39, 0.29) is 0 Å². The highest BCUT2D eigenvalue weighted by atomic mass is 16.7. The number of aromatic nitrogens is 1. The lowest BCUT2D eigenvalue weighted by atomic mass is 9.72. The van der Waals surface area contributed by atoms with Gasteiger partial charge < -0.3 is 50.9 Å². The molecule has 16 heteroatoms. The van der Waals surface area contributed by atoms with E-state index in [0.29, 0.717) is 0 Å². The number of hydrogen-bond donors (Lipinski definition) is 0.